The SMILES string of the molecule is C=CC(=O)O[CH2-].C=CC(=O)O[CH2-].[Y]. The summed E-state index contributed by atoms with van der Waals surface area (Å²) in [5.74, 6) is -1.01. The van der Waals surface area contributed by atoms with Gasteiger partial charge >= 0.3 is 0 Å². The van der Waals surface area contributed by atoms with Crippen LogP contribution in [0.5, 0.6) is 0 Å². The Morgan fingerprint density at radius 3 is 1.23 bits per heavy atom. The maximum atomic E-state index is 9.78. The van der Waals surface area contributed by atoms with E-state index in [-0.39, 0.29) is 32.7 Å². The van der Waals surface area contributed by atoms with Crippen molar-refractivity contribution in [2.24, 2.45) is 0 Å². The molecule has 0 spiro atoms. The molecule has 0 saturated carbocycles. The number of hydrogen-bond acceptors (Lipinski definition) is 4. The number of carbonyl (C=O) groups is 2. The van der Waals surface area contributed by atoms with E-state index in [1.54, 1.807) is 0 Å². The quantitative estimate of drug-likeness (QED) is 0.422. The summed E-state index contributed by atoms with van der Waals surface area (Å²) < 4.78 is 7.78. The Morgan fingerprint density at radius 1 is 1.00 bits per heavy atom. The number of ether oxygens (including phenoxy) is 2. The molecule has 0 aliphatic rings. The first kappa shape index (κ1) is 18.3. The van der Waals surface area contributed by atoms with Crippen LogP contribution in [0.4, 0.5) is 0 Å². The Kier molecular flexibility index (Phi) is 19.8. The number of carbonyl (C=O) groups excluding carboxylic acids is 2. The van der Waals surface area contributed by atoms with E-state index < -0.39 is 11.9 Å². The molecule has 4 nitrogen and oxygen atoms in total. The molecule has 5 heteroatoms. The van der Waals surface area contributed by atoms with Gasteiger partial charge in [0.05, 0.1) is 0 Å². The fraction of sp³-hybridized carbons (Fsp3) is 0. The zero-order valence-corrected chi connectivity index (χ0v) is 10.0. The minimum Gasteiger partial charge on any atom is -0.637 e. The summed E-state index contributed by atoms with van der Waals surface area (Å²) in [4.78, 5) is 19.6. The van der Waals surface area contributed by atoms with Crippen molar-refractivity contribution >= 4 is 11.9 Å². The van der Waals surface area contributed by atoms with Crippen molar-refractivity contribution in [1.29, 1.82) is 0 Å². The monoisotopic (exact) mass is 259 g/mol. The minimum atomic E-state index is -0.505. The second kappa shape index (κ2) is 14.1. The van der Waals surface area contributed by atoms with E-state index in [1.165, 1.54) is 0 Å². The summed E-state index contributed by atoms with van der Waals surface area (Å²) in [6, 6.07) is 0. The molecular formula is C8H10O4Y-2. The number of hydrogen-bond donors (Lipinski definition) is 0. The maximum absolute atomic E-state index is 9.78. The zero-order valence-electron chi connectivity index (χ0n) is 7.19. The Balaban J connectivity index is -0.000000143. The molecule has 0 unspecified atom stereocenters. The van der Waals surface area contributed by atoms with Gasteiger partial charge in [0.1, 0.15) is 0 Å². The Labute approximate surface area is 103 Å². The summed E-state index contributed by atoms with van der Waals surface area (Å²) in [5.41, 5.74) is 0. The largest absolute Gasteiger partial charge is 0.637 e. The van der Waals surface area contributed by atoms with Crippen molar-refractivity contribution in [3.8, 4) is 0 Å². The van der Waals surface area contributed by atoms with Gasteiger partial charge in [-0.05, 0) is 0 Å². The molecule has 0 bridgehead atoms. The summed E-state index contributed by atoms with van der Waals surface area (Å²) in [7, 11) is 5.67. The van der Waals surface area contributed by atoms with Crippen LogP contribution in [0.25, 0.3) is 0 Å². The van der Waals surface area contributed by atoms with Gasteiger partial charge in [-0.2, -0.15) is 14.2 Å². The third-order valence-corrected chi connectivity index (χ3v) is 0.618. The molecule has 0 N–H and O–H groups in total. The van der Waals surface area contributed by atoms with Crippen LogP contribution in [0, 0.1) is 14.2 Å². The van der Waals surface area contributed by atoms with E-state index in [9.17, 15) is 9.59 Å². The van der Waals surface area contributed by atoms with Crippen LogP contribution >= 0.6 is 0 Å². The van der Waals surface area contributed by atoms with Crippen molar-refractivity contribution in [2.75, 3.05) is 0 Å². The van der Waals surface area contributed by atoms with Gasteiger partial charge in [-0.3, -0.25) is 0 Å². The topological polar surface area (TPSA) is 52.6 Å². The molecule has 0 aliphatic heterocycles. The van der Waals surface area contributed by atoms with Gasteiger partial charge in [-0.15, -0.1) is 0 Å². The molecule has 0 aromatic carbocycles. The van der Waals surface area contributed by atoms with Gasteiger partial charge in [-0.1, -0.05) is 13.2 Å². The summed E-state index contributed by atoms with van der Waals surface area (Å²) in [6.45, 7) is 6.23. The van der Waals surface area contributed by atoms with E-state index in [0.717, 1.165) is 12.2 Å². The smallest absolute Gasteiger partial charge is 0.298 e. The van der Waals surface area contributed by atoms with E-state index >= 15 is 0 Å². The second-order valence-electron chi connectivity index (χ2n) is 1.33. The van der Waals surface area contributed by atoms with E-state index in [0.29, 0.717) is 0 Å². The zero-order chi connectivity index (χ0) is 9.98. The van der Waals surface area contributed by atoms with Crippen LogP contribution in [-0.2, 0) is 51.8 Å². The molecule has 71 valence electrons. The second-order valence-corrected chi connectivity index (χ2v) is 1.33. The van der Waals surface area contributed by atoms with Crippen LogP contribution in [0.3, 0.4) is 0 Å². The number of rotatable bonds is 2. The third kappa shape index (κ3) is 18.5. The summed E-state index contributed by atoms with van der Waals surface area (Å²) in [5, 5.41) is 0. The molecule has 0 rings (SSSR count). The van der Waals surface area contributed by atoms with Crippen LogP contribution in [0.1, 0.15) is 0 Å². The van der Waals surface area contributed by atoms with Crippen molar-refractivity contribution in [3.05, 3.63) is 39.5 Å². The molecule has 1 radical (unpaired) electrons. The predicted molar refractivity (Wildman–Crippen MR) is 43.3 cm³/mol. The molecule has 0 amide bonds. The Bertz CT molecular complexity index is 157. The Morgan fingerprint density at radius 2 is 1.23 bits per heavy atom. The first-order valence-corrected chi connectivity index (χ1v) is 2.79. The van der Waals surface area contributed by atoms with Gasteiger partial charge in [0.15, 0.2) is 0 Å². The van der Waals surface area contributed by atoms with Crippen LogP contribution in [0.15, 0.2) is 25.3 Å². The van der Waals surface area contributed by atoms with Gasteiger partial charge in [0.25, 0.3) is 11.9 Å². The van der Waals surface area contributed by atoms with E-state index in [1.807, 2.05) is 0 Å². The summed E-state index contributed by atoms with van der Waals surface area (Å²) >= 11 is 0. The molecule has 0 aromatic rings. The molecular weight excluding hydrogens is 249 g/mol. The molecule has 0 saturated heterocycles. The maximum Gasteiger partial charge on any atom is 0.298 e. The van der Waals surface area contributed by atoms with Crippen LogP contribution in [0.2, 0.25) is 0 Å². The molecule has 0 aliphatic carbocycles. The first-order valence-electron chi connectivity index (χ1n) is 2.79. The average Bonchev–Trinajstić information content (AvgIpc) is 2.16. The standard InChI is InChI=1S/2C4H5O2.Y/c2*1-3-4(5)6-2;/h2*3H,1-2H2;/q2*-1;. The fourth-order valence-corrected chi connectivity index (χ4v) is 0.118. The van der Waals surface area contributed by atoms with Crippen LogP contribution < -0.4 is 0 Å². The van der Waals surface area contributed by atoms with Crippen LogP contribution in [-0.4, -0.2) is 11.9 Å². The van der Waals surface area contributed by atoms with E-state index in [4.69, 9.17) is 0 Å². The predicted octanol–water partition coefficient (Wildman–Crippen LogP) is 1.01. The molecule has 0 heterocycles. The number of esters is 2. The average molecular weight is 259 g/mol. The first-order chi connectivity index (χ1) is 5.62. The summed E-state index contributed by atoms with van der Waals surface area (Å²) in [6.07, 6.45) is 2.10. The molecule has 0 aromatic heterocycles. The van der Waals surface area contributed by atoms with Gasteiger partial charge in [0, 0.05) is 44.9 Å². The molecule has 13 heavy (non-hydrogen) atoms. The van der Waals surface area contributed by atoms with Crippen molar-refractivity contribution in [3.63, 3.8) is 0 Å². The van der Waals surface area contributed by atoms with Crippen molar-refractivity contribution in [2.45, 2.75) is 0 Å². The normalized spacial score (nSPS) is 6.31. The van der Waals surface area contributed by atoms with Gasteiger partial charge < -0.3 is 9.47 Å². The molecule has 0 atom stereocenters. The fourth-order valence-electron chi connectivity index (χ4n) is 0.118. The third-order valence-electron chi connectivity index (χ3n) is 0.618. The Hall–Kier alpha value is -0.476. The molecule has 0 fully saturated rings. The van der Waals surface area contributed by atoms with Gasteiger partial charge in [0.2, 0.25) is 0 Å². The minimum absolute atomic E-state index is 0. The van der Waals surface area contributed by atoms with Gasteiger partial charge in [-0.25, -0.2) is 9.59 Å². The van der Waals surface area contributed by atoms with E-state index in [2.05, 4.69) is 36.9 Å². The van der Waals surface area contributed by atoms with Crippen molar-refractivity contribution < 1.29 is 51.8 Å². The van der Waals surface area contributed by atoms with Crippen molar-refractivity contribution in [1.82, 2.24) is 0 Å².